The number of benzene rings is 1. The van der Waals surface area contributed by atoms with Crippen molar-refractivity contribution in [2.24, 2.45) is 0 Å². The van der Waals surface area contributed by atoms with Crippen LogP contribution in [-0.4, -0.2) is 42.7 Å². The van der Waals surface area contributed by atoms with Crippen molar-refractivity contribution in [3.63, 3.8) is 0 Å². The lowest BCUT2D eigenvalue weighted by Crippen LogP contribution is -2.42. The molecule has 1 rings (SSSR count). The molecule has 0 heterocycles. The molecule has 0 bridgehead atoms. The molecule has 0 aromatic heterocycles. The molecule has 1 aromatic carbocycles. The van der Waals surface area contributed by atoms with E-state index in [1.54, 1.807) is 27.4 Å². The van der Waals surface area contributed by atoms with Crippen LogP contribution in [-0.2, 0) is 18.0 Å². The van der Waals surface area contributed by atoms with Crippen molar-refractivity contribution < 1.29 is 22.8 Å². The Morgan fingerprint density at radius 3 is 2.30 bits per heavy atom. The van der Waals surface area contributed by atoms with E-state index in [2.05, 4.69) is 22.6 Å². The molecule has 112 valence electrons. The molecule has 0 atom stereocenters. The van der Waals surface area contributed by atoms with E-state index in [1.807, 2.05) is 18.2 Å². The second-order valence-electron chi connectivity index (χ2n) is 4.01. The van der Waals surface area contributed by atoms with Crippen LogP contribution >= 0.6 is 22.6 Å². The van der Waals surface area contributed by atoms with Gasteiger partial charge in [0.2, 0.25) is 0 Å². The third-order valence-electron chi connectivity index (χ3n) is 2.89. The van der Waals surface area contributed by atoms with Gasteiger partial charge < -0.3 is 18.0 Å². The van der Waals surface area contributed by atoms with Crippen molar-refractivity contribution >= 4 is 37.4 Å². The van der Waals surface area contributed by atoms with Crippen molar-refractivity contribution in [2.75, 3.05) is 27.9 Å². The third-order valence-corrected chi connectivity index (χ3v) is 6.66. The highest BCUT2D eigenvalue weighted by Gasteiger charge is 2.37. The number of rotatable bonds is 8. The first-order chi connectivity index (χ1) is 9.58. The molecule has 0 spiro atoms. The second-order valence-corrected chi connectivity index (χ2v) is 8.27. The highest BCUT2D eigenvalue weighted by molar-refractivity contribution is 14.1. The van der Waals surface area contributed by atoms with Crippen molar-refractivity contribution in [1.82, 2.24) is 0 Å². The van der Waals surface area contributed by atoms with E-state index in [0.717, 1.165) is 3.57 Å². The lowest BCUT2D eigenvalue weighted by molar-refractivity contribution is 0.0492. The summed E-state index contributed by atoms with van der Waals surface area (Å²) in [6.07, 6.45) is 0.636. The lowest BCUT2D eigenvalue weighted by atomic mass is 10.2. The van der Waals surface area contributed by atoms with Gasteiger partial charge in [-0.15, -0.1) is 0 Å². The predicted molar refractivity (Wildman–Crippen MR) is 85.6 cm³/mol. The predicted octanol–water partition coefficient (Wildman–Crippen LogP) is 2.72. The summed E-state index contributed by atoms with van der Waals surface area (Å²) in [6, 6.07) is 7.93. The minimum absolute atomic E-state index is 0.311. The van der Waals surface area contributed by atoms with Gasteiger partial charge in [-0.05, 0) is 41.1 Å². The van der Waals surface area contributed by atoms with E-state index in [0.29, 0.717) is 24.6 Å². The molecule has 1 aromatic rings. The molecule has 0 saturated heterocycles. The molecular weight excluding hydrogens is 391 g/mol. The average molecular weight is 410 g/mol. The SMILES string of the molecule is CO[Si](CCCOC(=O)c1ccccc1I)(OC)OC. The van der Waals surface area contributed by atoms with Crippen LogP contribution in [0.5, 0.6) is 0 Å². The zero-order chi connectivity index (χ0) is 15.0. The molecule has 0 radical (unpaired) electrons. The first-order valence-electron chi connectivity index (χ1n) is 6.15. The van der Waals surface area contributed by atoms with Crippen molar-refractivity contribution in [3.05, 3.63) is 33.4 Å². The molecule has 0 aliphatic rings. The molecular formula is C13H19IO5Si. The number of halogens is 1. The summed E-state index contributed by atoms with van der Waals surface area (Å²) < 4.78 is 22.0. The quantitative estimate of drug-likeness (QED) is 0.286. The maximum atomic E-state index is 11.9. The fourth-order valence-corrected chi connectivity index (χ4v) is 4.01. The number of hydrogen-bond donors (Lipinski definition) is 0. The fourth-order valence-electron chi connectivity index (χ4n) is 1.71. The Balaban J connectivity index is 2.42. The first kappa shape index (κ1) is 17.6. The van der Waals surface area contributed by atoms with Crippen LogP contribution in [0.25, 0.3) is 0 Å². The maximum absolute atomic E-state index is 11.9. The smallest absolute Gasteiger partial charge is 0.462 e. The Bertz CT molecular complexity index is 428. The topological polar surface area (TPSA) is 54.0 Å². The molecule has 0 amide bonds. The van der Waals surface area contributed by atoms with Gasteiger partial charge in [-0.2, -0.15) is 0 Å². The summed E-state index contributed by atoms with van der Waals surface area (Å²) in [5, 5.41) is 0. The normalized spacial score (nSPS) is 11.4. The molecule has 0 fully saturated rings. The molecule has 5 nitrogen and oxygen atoms in total. The second kappa shape index (κ2) is 8.73. The third kappa shape index (κ3) is 4.81. The highest BCUT2D eigenvalue weighted by Crippen LogP contribution is 2.16. The number of ether oxygens (including phenoxy) is 1. The Kier molecular flexibility index (Phi) is 7.67. The van der Waals surface area contributed by atoms with Crippen LogP contribution < -0.4 is 0 Å². The van der Waals surface area contributed by atoms with Gasteiger partial charge in [-0.1, -0.05) is 12.1 Å². The van der Waals surface area contributed by atoms with Crippen LogP contribution in [0, 0.1) is 3.57 Å². The van der Waals surface area contributed by atoms with Gasteiger partial charge >= 0.3 is 14.8 Å². The van der Waals surface area contributed by atoms with Crippen LogP contribution in [0.4, 0.5) is 0 Å². The lowest BCUT2D eigenvalue weighted by Gasteiger charge is -2.24. The van der Waals surface area contributed by atoms with E-state index in [-0.39, 0.29) is 5.97 Å². The van der Waals surface area contributed by atoms with Gasteiger partial charge in [0.15, 0.2) is 0 Å². The Morgan fingerprint density at radius 1 is 1.15 bits per heavy atom. The van der Waals surface area contributed by atoms with Crippen LogP contribution in [0.2, 0.25) is 6.04 Å². The van der Waals surface area contributed by atoms with Crippen LogP contribution in [0.1, 0.15) is 16.8 Å². The Morgan fingerprint density at radius 2 is 1.75 bits per heavy atom. The Hall–Kier alpha value is -0.483. The van der Waals surface area contributed by atoms with Gasteiger partial charge in [-0.3, -0.25) is 0 Å². The number of hydrogen-bond acceptors (Lipinski definition) is 5. The van der Waals surface area contributed by atoms with Crippen LogP contribution in [0.15, 0.2) is 24.3 Å². The number of carbonyl (C=O) groups excluding carboxylic acids is 1. The number of esters is 1. The first-order valence-corrected chi connectivity index (χ1v) is 9.16. The molecule has 0 aliphatic heterocycles. The number of carbonyl (C=O) groups is 1. The summed E-state index contributed by atoms with van der Waals surface area (Å²) in [5.41, 5.74) is 0.585. The standard InChI is InChI=1S/C13H19IO5Si/c1-16-20(17-2,18-3)10-6-9-19-13(15)11-7-4-5-8-12(11)14/h4-5,7-8H,6,9-10H2,1-3H3. The van der Waals surface area contributed by atoms with E-state index >= 15 is 0 Å². The van der Waals surface area contributed by atoms with E-state index in [1.165, 1.54) is 0 Å². The van der Waals surface area contributed by atoms with Crippen LogP contribution in [0.3, 0.4) is 0 Å². The summed E-state index contributed by atoms with van der Waals surface area (Å²) >= 11 is 2.11. The largest absolute Gasteiger partial charge is 0.500 e. The molecule has 7 heteroatoms. The Labute approximate surface area is 134 Å². The monoisotopic (exact) mass is 410 g/mol. The average Bonchev–Trinajstić information content (AvgIpc) is 2.48. The van der Waals surface area contributed by atoms with Gasteiger partial charge in [0.05, 0.1) is 12.2 Å². The van der Waals surface area contributed by atoms with Gasteiger partial charge in [0.1, 0.15) is 0 Å². The molecule has 0 unspecified atom stereocenters. The van der Waals surface area contributed by atoms with Crippen molar-refractivity contribution in [1.29, 1.82) is 0 Å². The van der Waals surface area contributed by atoms with Gasteiger partial charge in [0.25, 0.3) is 0 Å². The maximum Gasteiger partial charge on any atom is 0.500 e. The van der Waals surface area contributed by atoms with E-state index in [4.69, 9.17) is 18.0 Å². The fraction of sp³-hybridized carbons (Fsp3) is 0.462. The van der Waals surface area contributed by atoms with E-state index in [9.17, 15) is 4.79 Å². The van der Waals surface area contributed by atoms with E-state index < -0.39 is 8.80 Å². The van der Waals surface area contributed by atoms with Crippen molar-refractivity contribution in [2.45, 2.75) is 12.5 Å². The zero-order valence-corrected chi connectivity index (χ0v) is 15.0. The molecule has 0 aliphatic carbocycles. The summed E-state index contributed by atoms with van der Waals surface area (Å²) in [4.78, 5) is 11.9. The van der Waals surface area contributed by atoms with Crippen molar-refractivity contribution in [3.8, 4) is 0 Å². The van der Waals surface area contributed by atoms with Gasteiger partial charge in [-0.25, -0.2) is 4.79 Å². The summed E-state index contributed by atoms with van der Waals surface area (Å²) in [5.74, 6) is -0.311. The molecule has 20 heavy (non-hydrogen) atoms. The molecule has 0 saturated carbocycles. The van der Waals surface area contributed by atoms with Gasteiger partial charge in [0, 0.05) is 30.9 Å². The summed E-state index contributed by atoms with van der Waals surface area (Å²) in [7, 11) is 2.13. The minimum Gasteiger partial charge on any atom is -0.462 e. The zero-order valence-electron chi connectivity index (χ0n) is 11.8. The minimum atomic E-state index is -2.57. The highest BCUT2D eigenvalue weighted by atomic mass is 127. The summed E-state index contributed by atoms with van der Waals surface area (Å²) in [6.45, 7) is 0.314. The molecule has 0 N–H and O–H groups in total.